The third kappa shape index (κ3) is 2.57. The van der Waals surface area contributed by atoms with Crippen LogP contribution in [0.15, 0.2) is 48.0 Å². The SMILES string of the molecule is CC1=Cc2c(-c3ccc(C45CC6CC(CC(C6)C4)C5)cc3)cccc2[CH]1[Zr]. The Morgan fingerprint density at radius 1 is 0.852 bits per heavy atom. The van der Waals surface area contributed by atoms with E-state index in [0.717, 1.165) is 17.8 Å². The van der Waals surface area contributed by atoms with Crippen molar-refractivity contribution in [3.63, 3.8) is 0 Å². The molecule has 4 bridgehead atoms. The molecule has 0 amide bonds. The van der Waals surface area contributed by atoms with Gasteiger partial charge in [-0.1, -0.05) is 0 Å². The molecule has 1 unspecified atom stereocenters. The van der Waals surface area contributed by atoms with Gasteiger partial charge in [0.05, 0.1) is 0 Å². The van der Waals surface area contributed by atoms with E-state index in [1.165, 1.54) is 66.4 Å². The number of benzene rings is 2. The van der Waals surface area contributed by atoms with Gasteiger partial charge < -0.3 is 0 Å². The van der Waals surface area contributed by atoms with Crippen molar-refractivity contribution in [3.05, 3.63) is 64.7 Å². The van der Waals surface area contributed by atoms with Crippen molar-refractivity contribution < 1.29 is 24.7 Å². The second kappa shape index (κ2) is 6.03. The van der Waals surface area contributed by atoms with Crippen molar-refractivity contribution in [2.75, 3.05) is 0 Å². The van der Waals surface area contributed by atoms with Gasteiger partial charge in [-0.05, 0) is 0 Å². The topological polar surface area (TPSA) is 0 Å². The molecule has 4 fully saturated rings. The Kier molecular flexibility index (Phi) is 3.79. The summed E-state index contributed by atoms with van der Waals surface area (Å²) >= 11 is 1.61. The molecule has 0 radical (unpaired) electrons. The molecular formula is C26H27Zr. The first-order chi connectivity index (χ1) is 13.1. The molecule has 27 heavy (non-hydrogen) atoms. The van der Waals surface area contributed by atoms with E-state index < -0.39 is 0 Å². The Morgan fingerprint density at radius 2 is 1.48 bits per heavy atom. The van der Waals surface area contributed by atoms with Gasteiger partial charge in [0.15, 0.2) is 0 Å². The molecule has 4 saturated carbocycles. The fraction of sp³-hybridized carbons (Fsp3) is 0.462. The van der Waals surface area contributed by atoms with Crippen LogP contribution < -0.4 is 0 Å². The summed E-state index contributed by atoms with van der Waals surface area (Å²) in [5.41, 5.74) is 9.51. The Labute approximate surface area is 178 Å². The fourth-order valence-corrected chi connectivity index (χ4v) is 8.10. The number of fused-ring (bicyclic) bond motifs is 1. The first kappa shape index (κ1) is 17.0. The van der Waals surface area contributed by atoms with Crippen molar-refractivity contribution in [1.29, 1.82) is 0 Å². The van der Waals surface area contributed by atoms with E-state index in [9.17, 15) is 0 Å². The van der Waals surface area contributed by atoms with Crippen molar-refractivity contribution in [2.24, 2.45) is 17.8 Å². The van der Waals surface area contributed by atoms with Gasteiger partial charge in [0.2, 0.25) is 0 Å². The second-order valence-electron chi connectivity index (χ2n) is 9.91. The minimum atomic E-state index is 0.514. The molecule has 2 aromatic carbocycles. The molecule has 135 valence electrons. The van der Waals surface area contributed by atoms with E-state index >= 15 is 0 Å². The van der Waals surface area contributed by atoms with E-state index in [2.05, 4.69) is 55.5 Å². The average molecular weight is 431 g/mol. The number of hydrogen-bond acceptors (Lipinski definition) is 0. The fourth-order valence-electron chi connectivity index (χ4n) is 7.27. The standard InChI is InChI=1S/C26H27.Zr/c1-17-9-22-3-2-4-24(25(22)10-17)21-5-7-23(8-6-21)26-14-18-11-19(15-26)13-20(12-18)16-26;/h2-10,18-20H,11-16H2,1H3;. The van der Waals surface area contributed by atoms with Crippen LogP contribution in [0.25, 0.3) is 17.2 Å². The molecular weight excluding hydrogens is 404 g/mol. The van der Waals surface area contributed by atoms with Gasteiger partial charge in [-0.2, -0.15) is 0 Å². The van der Waals surface area contributed by atoms with Gasteiger partial charge in [-0.25, -0.2) is 0 Å². The summed E-state index contributed by atoms with van der Waals surface area (Å²) in [5, 5.41) is 0. The van der Waals surface area contributed by atoms with Crippen LogP contribution in [0.3, 0.4) is 0 Å². The molecule has 0 aromatic heterocycles. The quantitative estimate of drug-likeness (QED) is 0.490. The number of allylic oxidation sites excluding steroid dienone is 1. The Balaban J connectivity index is 1.37. The Bertz CT molecular complexity index is 898. The molecule has 5 aliphatic carbocycles. The van der Waals surface area contributed by atoms with E-state index in [0.29, 0.717) is 9.04 Å². The van der Waals surface area contributed by atoms with Crippen LogP contribution in [-0.4, -0.2) is 0 Å². The normalized spacial score (nSPS) is 35.9. The zero-order chi connectivity index (χ0) is 18.2. The van der Waals surface area contributed by atoms with Crippen LogP contribution in [0.2, 0.25) is 0 Å². The predicted molar refractivity (Wildman–Crippen MR) is 108 cm³/mol. The Hall–Kier alpha value is -0.937. The second-order valence-corrected chi connectivity index (χ2v) is 11.3. The summed E-state index contributed by atoms with van der Waals surface area (Å²) in [6.07, 6.45) is 11.4. The molecule has 5 aliphatic rings. The van der Waals surface area contributed by atoms with Crippen molar-refractivity contribution in [1.82, 2.24) is 0 Å². The van der Waals surface area contributed by atoms with Crippen LogP contribution in [0.1, 0.15) is 65.8 Å². The van der Waals surface area contributed by atoms with Crippen molar-refractivity contribution in [2.45, 2.75) is 54.5 Å². The van der Waals surface area contributed by atoms with Gasteiger partial charge in [-0.15, -0.1) is 0 Å². The first-order valence-electron chi connectivity index (χ1n) is 10.7. The van der Waals surface area contributed by atoms with Crippen LogP contribution >= 0.6 is 0 Å². The van der Waals surface area contributed by atoms with E-state index in [4.69, 9.17) is 0 Å². The summed E-state index contributed by atoms with van der Waals surface area (Å²) in [6, 6.07) is 16.7. The van der Waals surface area contributed by atoms with Crippen molar-refractivity contribution >= 4 is 6.08 Å². The van der Waals surface area contributed by atoms with Gasteiger partial charge in [0, 0.05) is 0 Å². The van der Waals surface area contributed by atoms with E-state index in [1.54, 1.807) is 30.3 Å². The maximum atomic E-state index is 2.49. The molecule has 0 aliphatic heterocycles. The van der Waals surface area contributed by atoms with E-state index in [-0.39, 0.29) is 0 Å². The van der Waals surface area contributed by atoms with Crippen LogP contribution in [0.5, 0.6) is 0 Å². The molecule has 1 atom stereocenters. The summed E-state index contributed by atoms with van der Waals surface area (Å²) in [6.45, 7) is 2.29. The molecule has 1 heteroatoms. The zero-order valence-electron chi connectivity index (χ0n) is 16.2. The predicted octanol–water partition coefficient (Wildman–Crippen LogP) is 6.83. The van der Waals surface area contributed by atoms with Crippen LogP contribution in [0.4, 0.5) is 0 Å². The summed E-state index contributed by atoms with van der Waals surface area (Å²) in [7, 11) is 0. The number of hydrogen-bond donors (Lipinski definition) is 0. The Morgan fingerprint density at radius 3 is 2.11 bits per heavy atom. The third-order valence-corrected chi connectivity index (χ3v) is 10.0. The third-order valence-electron chi connectivity index (χ3n) is 8.12. The molecule has 2 aromatic rings. The molecule has 0 N–H and O–H groups in total. The average Bonchev–Trinajstić information content (AvgIpc) is 2.95. The van der Waals surface area contributed by atoms with Crippen molar-refractivity contribution in [3.8, 4) is 11.1 Å². The maximum absolute atomic E-state index is 2.49. The van der Waals surface area contributed by atoms with Gasteiger partial charge >= 0.3 is 179 Å². The molecule has 7 rings (SSSR count). The minimum absolute atomic E-state index is 0.514. The monoisotopic (exact) mass is 429 g/mol. The van der Waals surface area contributed by atoms with E-state index in [1.807, 2.05) is 0 Å². The molecule has 0 spiro atoms. The molecule has 0 heterocycles. The number of rotatable bonds is 2. The first-order valence-corrected chi connectivity index (χ1v) is 12.2. The molecule has 0 saturated heterocycles. The zero-order valence-corrected chi connectivity index (χ0v) is 18.6. The van der Waals surface area contributed by atoms with Crippen LogP contribution in [0, 0.1) is 17.8 Å². The summed E-state index contributed by atoms with van der Waals surface area (Å²) in [4.78, 5) is 0. The van der Waals surface area contributed by atoms with Gasteiger partial charge in [0.25, 0.3) is 0 Å². The summed E-state index contributed by atoms with van der Waals surface area (Å²) in [5.74, 6) is 3.06. The summed E-state index contributed by atoms with van der Waals surface area (Å²) < 4.78 is 0.651. The van der Waals surface area contributed by atoms with Crippen LogP contribution in [-0.2, 0) is 30.1 Å². The molecule has 0 nitrogen and oxygen atoms in total. The van der Waals surface area contributed by atoms with Gasteiger partial charge in [-0.3, -0.25) is 0 Å². The van der Waals surface area contributed by atoms with Gasteiger partial charge in [0.1, 0.15) is 0 Å².